The van der Waals surface area contributed by atoms with Crippen molar-refractivity contribution in [1.82, 2.24) is 10.2 Å². The van der Waals surface area contributed by atoms with Gasteiger partial charge in [0, 0.05) is 5.75 Å². The number of carbonyl (C=O) groups excluding carboxylic acids is 2. The fourth-order valence-corrected chi connectivity index (χ4v) is 7.15. The first-order chi connectivity index (χ1) is 20.9. The number of hydrogen-bond acceptors (Lipinski definition) is 10. The molecule has 2 aromatic heterocycles. The van der Waals surface area contributed by atoms with Crippen molar-refractivity contribution in [2.24, 2.45) is 0 Å². The summed E-state index contributed by atoms with van der Waals surface area (Å²) in [6.45, 7) is 4.89. The van der Waals surface area contributed by atoms with Crippen LogP contribution in [-0.2, 0) is 10.5 Å². The lowest BCUT2D eigenvalue weighted by Gasteiger charge is -2.25. The Bertz CT molecular complexity index is 1620. The van der Waals surface area contributed by atoms with Gasteiger partial charge in [-0.05, 0) is 54.1 Å². The zero-order valence-electron chi connectivity index (χ0n) is 23.6. The number of thioether (sulfide) groups is 1. The Kier molecular flexibility index (Phi) is 10.1. The van der Waals surface area contributed by atoms with Crippen LogP contribution in [0.4, 0.5) is 9.52 Å². The predicted octanol–water partition coefficient (Wildman–Crippen LogP) is 7.78. The number of aliphatic hydroxyl groups excluding tert-OH is 1. The molecule has 224 valence electrons. The number of Topliss-reactive ketones (excluding diaryl/α,β-unsaturated/α-hetero) is 1. The van der Waals surface area contributed by atoms with Crippen LogP contribution < -0.4 is 14.4 Å². The fourth-order valence-electron chi connectivity index (χ4n) is 4.62. The van der Waals surface area contributed by atoms with E-state index in [0.717, 1.165) is 30.6 Å². The number of ether oxygens (including phenoxy) is 2. The van der Waals surface area contributed by atoms with E-state index in [4.69, 9.17) is 9.47 Å². The van der Waals surface area contributed by atoms with Gasteiger partial charge in [-0.15, -0.1) is 21.5 Å². The fraction of sp³-hybridized carbons (Fsp3) is 0.290. The topological polar surface area (TPSA) is 102 Å². The smallest absolute Gasteiger partial charge is 0.296 e. The summed E-state index contributed by atoms with van der Waals surface area (Å²) < 4.78 is 26.5. The zero-order valence-corrected chi connectivity index (χ0v) is 26.1. The highest BCUT2D eigenvalue weighted by molar-refractivity contribution is 8.00. The summed E-state index contributed by atoms with van der Waals surface area (Å²) in [5.74, 6) is -0.826. The van der Waals surface area contributed by atoms with E-state index in [1.807, 2.05) is 6.92 Å². The second-order valence-corrected chi connectivity index (χ2v) is 12.7. The number of nitrogens with zero attached hydrogens (tertiary/aromatic N) is 3. The van der Waals surface area contributed by atoms with Crippen LogP contribution >= 0.6 is 34.4 Å². The van der Waals surface area contributed by atoms with Crippen LogP contribution in [0.15, 0.2) is 75.6 Å². The molecule has 1 N–H and O–H groups in total. The number of ketones is 1. The molecule has 5 rings (SSSR count). The number of benzene rings is 2. The van der Waals surface area contributed by atoms with Crippen LogP contribution in [-0.4, -0.2) is 40.2 Å². The van der Waals surface area contributed by atoms with Crippen LogP contribution in [0.1, 0.15) is 60.0 Å². The third-order valence-corrected chi connectivity index (χ3v) is 9.67. The summed E-state index contributed by atoms with van der Waals surface area (Å²) in [5.41, 5.74) is 1.00. The van der Waals surface area contributed by atoms with E-state index in [-0.39, 0.29) is 16.5 Å². The van der Waals surface area contributed by atoms with Gasteiger partial charge in [0.2, 0.25) is 10.9 Å². The molecule has 1 aliphatic rings. The highest BCUT2D eigenvalue weighted by Crippen LogP contribution is 2.46. The quantitative estimate of drug-likeness (QED) is 0.0646. The van der Waals surface area contributed by atoms with E-state index >= 15 is 0 Å². The zero-order chi connectivity index (χ0) is 30.3. The molecule has 43 heavy (non-hydrogen) atoms. The van der Waals surface area contributed by atoms with Crippen LogP contribution in [0.3, 0.4) is 0 Å². The first-order valence-corrected chi connectivity index (χ1v) is 16.5. The average Bonchev–Trinajstić information content (AvgIpc) is 3.76. The Hall–Kier alpha value is -3.74. The Labute approximate surface area is 261 Å². The molecule has 0 saturated carbocycles. The van der Waals surface area contributed by atoms with E-state index in [9.17, 15) is 19.1 Å². The molecule has 1 atom stereocenters. The summed E-state index contributed by atoms with van der Waals surface area (Å²) in [7, 11) is 0. The summed E-state index contributed by atoms with van der Waals surface area (Å²) >= 11 is 3.63. The lowest BCUT2D eigenvalue weighted by atomic mass is 9.95. The van der Waals surface area contributed by atoms with E-state index in [1.54, 1.807) is 53.9 Å². The minimum atomic E-state index is -0.993. The van der Waals surface area contributed by atoms with Crippen molar-refractivity contribution in [2.75, 3.05) is 18.1 Å². The molecule has 0 bridgehead atoms. The number of aliphatic hydroxyl groups is 1. The maximum atomic E-state index is 14.1. The molecule has 12 heteroatoms. The number of halogens is 1. The van der Waals surface area contributed by atoms with Gasteiger partial charge < -0.3 is 14.6 Å². The van der Waals surface area contributed by atoms with E-state index < -0.39 is 23.5 Å². The molecule has 0 saturated heterocycles. The monoisotopic (exact) mass is 639 g/mol. The summed E-state index contributed by atoms with van der Waals surface area (Å²) in [6.07, 6.45) is 3.01. The number of hydrogen-bond donors (Lipinski definition) is 1. The molecule has 0 radical (unpaired) electrons. The molecule has 3 heterocycles. The average molecular weight is 640 g/mol. The van der Waals surface area contributed by atoms with E-state index in [1.165, 1.54) is 34.1 Å². The van der Waals surface area contributed by atoms with E-state index in [2.05, 4.69) is 17.1 Å². The molecule has 8 nitrogen and oxygen atoms in total. The normalized spacial score (nSPS) is 14.9. The van der Waals surface area contributed by atoms with Gasteiger partial charge in [0.25, 0.3) is 5.91 Å². The van der Waals surface area contributed by atoms with Crippen molar-refractivity contribution < 1.29 is 28.6 Å². The molecule has 1 aliphatic heterocycles. The number of carbonyl (C=O) groups is 2. The summed E-state index contributed by atoms with van der Waals surface area (Å²) in [6, 6.07) is 14.1. The minimum absolute atomic E-state index is 0.0535. The highest BCUT2D eigenvalue weighted by Gasteiger charge is 2.46. The Morgan fingerprint density at radius 3 is 2.65 bits per heavy atom. The third kappa shape index (κ3) is 6.76. The molecule has 1 unspecified atom stereocenters. The molecule has 2 aromatic carbocycles. The van der Waals surface area contributed by atoms with Crippen LogP contribution in [0.5, 0.6) is 11.5 Å². The van der Waals surface area contributed by atoms with Gasteiger partial charge in [0.1, 0.15) is 5.82 Å². The summed E-state index contributed by atoms with van der Waals surface area (Å²) in [5, 5.41) is 21.5. The van der Waals surface area contributed by atoms with Crippen LogP contribution in [0, 0.1) is 5.82 Å². The predicted molar refractivity (Wildman–Crippen MR) is 167 cm³/mol. The number of anilines is 1. The lowest BCUT2D eigenvalue weighted by molar-refractivity contribution is -0.117. The Morgan fingerprint density at radius 1 is 1.07 bits per heavy atom. The third-order valence-electron chi connectivity index (χ3n) is 6.70. The van der Waals surface area contributed by atoms with Crippen LogP contribution in [0.2, 0.25) is 0 Å². The maximum absolute atomic E-state index is 14.1. The second-order valence-electron chi connectivity index (χ2n) is 9.57. The van der Waals surface area contributed by atoms with Gasteiger partial charge in [-0.25, -0.2) is 4.39 Å². The number of amides is 1. The van der Waals surface area contributed by atoms with Crippen LogP contribution in [0.25, 0.3) is 0 Å². The molecular weight excluding hydrogens is 610 g/mol. The first-order valence-electron chi connectivity index (χ1n) is 13.9. The minimum Gasteiger partial charge on any atom is -0.503 e. The van der Waals surface area contributed by atoms with Gasteiger partial charge in [-0.2, -0.15) is 0 Å². The van der Waals surface area contributed by atoms with Gasteiger partial charge in [-0.1, -0.05) is 73.2 Å². The first kappa shape index (κ1) is 30.7. The number of rotatable bonds is 14. The molecule has 0 aliphatic carbocycles. The Morgan fingerprint density at radius 2 is 1.91 bits per heavy atom. The van der Waals surface area contributed by atoms with Crippen molar-refractivity contribution in [1.29, 1.82) is 0 Å². The van der Waals surface area contributed by atoms with Crippen molar-refractivity contribution in [2.45, 2.75) is 49.2 Å². The molecule has 4 aromatic rings. The number of thiophene rings is 1. The van der Waals surface area contributed by atoms with Crippen molar-refractivity contribution >= 4 is 51.3 Å². The largest absolute Gasteiger partial charge is 0.503 e. The molecule has 0 spiro atoms. The van der Waals surface area contributed by atoms with Crippen molar-refractivity contribution in [3.63, 3.8) is 0 Å². The lowest BCUT2D eigenvalue weighted by Crippen LogP contribution is -2.31. The number of unbranched alkanes of at least 4 members (excludes halogenated alkanes) is 2. The number of aromatic nitrogens is 2. The van der Waals surface area contributed by atoms with Crippen molar-refractivity contribution in [3.8, 4) is 11.5 Å². The van der Waals surface area contributed by atoms with Crippen molar-refractivity contribution in [3.05, 3.63) is 93.1 Å². The summed E-state index contributed by atoms with van der Waals surface area (Å²) in [4.78, 5) is 28.9. The second kappa shape index (κ2) is 14.2. The van der Waals surface area contributed by atoms with E-state index in [0.29, 0.717) is 50.8 Å². The molecule has 0 fully saturated rings. The van der Waals surface area contributed by atoms with Gasteiger partial charge in [0.15, 0.2) is 21.6 Å². The SMILES string of the molecule is CCCCCOc1ccc(C2C(C(=O)c3cccs3)=C(O)C(=O)N2c2nnc(SCc3ccccc3F)s2)cc1OCC. The van der Waals surface area contributed by atoms with Gasteiger partial charge in [-0.3, -0.25) is 14.5 Å². The molecular formula is C31H30FN3O5S3. The molecule has 1 amide bonds. The van der Waals surface area contributed by atoms with Gasteiger partial charge >= 0.3 is 0 Å². The Balaban J connectivity index is 1.50. The standard InChI is InChI=1S/C31H30FN3O5S3/c1-3-5-8-15-40-22-14-13-19(17-23(22)39-4-2)26-25(27(36)24-12-9-16-41-24)28(37)29(38)35(26)30-33-34-31(43-30)42-18-20-10-6-7-11-21(20)32/h6-7,9-14,16-17,26,37H,3-5,8,15,18H2,1-2H3. The highest BCUT2D eigenvalue weighted by atomic mass is 32.2. The maximum Gasteiger partial charge on any atom is 0.296 e. The van der Waals surface area contributed by atoms with Gasteiger partial charge in [0.05, 0.1) is 29.7 Å².